The summed E-state index contributed by atoms with van der Waals surface area (Å²) in [7, 11) is 0. The summed E-state index contributed by atoms with van der Waals surface area (Å²) >= 11 is 0. The van der Waals surface area contributed by atoms with Crippen molar-refractivity contribution >= 4 is 27.2 Å². The van der Waals surface area contributed by atoms with Gasteiger partial charge in [0, 0.05) is 34.0 Å². The molecule has 0 bridgehead atoms. The number of rotatable bonds is 6. The van der Waals surface area contributed by atoms with Crippen LogP contribution in [0.5, 0.6) is 0 Å². The molecule has 0 radical (unpaired) electrons. The van der Waals surface area contributed by atoms with E-state index in [-0.39, 0.29) is 0 Å². The third-order valence-corrected chi connectivity index (χ3v) is 9.86. The molecule has 5 nitrogen and oxygen atoms in total. The largest absolute Gasteiger partial charge is 0.299 e. The van der Waals surface area contributed by atoms with Gasteiger partial charge < -0.3 is 0 Å². The van der Waals surface area contributed by atoms with E-state index in [0.717, 1.165) is 55.6 Å². The van der Waals surface area contributed by atoms with Crippen LogP contribution in [0.25, 0.3) is 95.0 Å². The summed E-state index contributed by atoms with van der Waals surface area (Å²) in [5.41, 5.74) is 10.1. The number of pyridine rings is 1. The zero-order valence-corrected chi connectivity index (χ0v) is 28.6. The van der Waals surface area contributed by atoms with Crippen LogP contribution < -0.4 is 0 Å². The van der Waals surface area contributed by atoms with Gasteiger partial charge in [-0.1, -0.05) is 158 Å². The number of nitrogens with zero attached hydrogens (tertiary/aromatic N) is 5. The highest BCUT2D eigenvalue weighted by Crippen LogP contribution is 2.35. The smallest absolute Gasteiger partial charge is 0.164 e. The maximum atomic E-state index is 5.11. The number of hydrogen-bond acceptors (Lipinski definition) is 4. The third-order valence-electron chi connectivity index (χ3n) is 9.86. The summed E-state index contributed by atoms with van der Waals surface area (Å²) < 4.78 is 2.16. The summed E-state index contributed by atoms with van der Waals surface area (Å²) in [4.78, 5) is 20.3. The van der Waals surface area contributed by atoms with Gasteiger partial charge in [-0.15, -0.1) is 0 Å². The molecule has 0 unspecified atom stereocenters. The Balaban J connectivity index is 1.08. The van der Waals surface area contributed by atoms with Gasteiger partial charge in [-0.05, 0) is 56.9 Å². The van der Waals surface area contributed by atoms with Crippen molar-refractivity contribution in [1.82, 2.24) is 24.3 Å². The lowest BCUT2D eigenvalue weighted by Crippen LogP contribution is -2.00. The highest BCUT2D eigenvalue weighted by molar-refractivity contribution is 5.89. The average molecular weight is 678 g/mol. The van der Waals surface area contributed by atoms with Crippen LogP contribution in [-0.4, -0.2) is 24.3 Å². The fourth-order valence-corrected chi connectivity index (χ4v) is 7.12. The first kappa shape index (κ1) is 30.6. The van der Waals surface area contributed by atoms with Crippen molar-refractivity contribution < 1.29 is 0 Å². The molecule has 10 rings (SSSR count). The van der Waals surface area contributed by atoms with Crippen molar-refractivity contribution in [3.8, 4) is 67.8 Å². The molecule has 0 saturated carbocycles. The van der Waals surface area contributed by atoms with Crippen molar-refractivity contribution in [3.63, 3.8) is 0 Å². The van der Waals surface area contributed by atoms with Gasteiger partial charge in [-0.3, -0.25) is 4.40 Å². The molecule has 0 aliphatic carbocycles. The summed E-state index contributed by atoms with van der Waals surface area (Å²) in [5.74, 6) is 1.89. The molecule has 0 saturated heterocycles. The Morgan fingerprint density at radius 2 is 0.755 bits per heavy atom. The first-order valence-electron chi connectivity index (χ1n) is 17.7. The Morgan fingerprint density at radius 3 is 1.38 bits per heavy atom. The van der Waals surface area contributed by atoms with Crippen LogP contribution in [0.4, 0.5) is 0 Å². The minimum absolute atomic E-state index is 0.618. The average Bonchev–Trinajstić information content (AvgIpc) is 3.63. The molecule has 0 aliphatic heterocycles. The zero-order chi connectivity index (χ0) is 35.1. The van der Waals surface area contributed by atoms with E-state index in [1.54, 1.807) is 0 Å². The van der Waals surface area contributed by atoms with Crippen molar-refractivity contribution in [2.75, 3.05) is 0 Å². The topological polar surface area (TPSA) is 56.0 Å². The molecule has 7 aromatic carbocycles. The van der Waals surface area contributed by atoms with Crippen molar-refractivity contribution in [3.05, 3.63) is 188 Å². The normalized spacial score (nSPS) is 11.4. The van der Waals surface area contributed by atoms with Crippen LogP contribution in [-0.2, 0) is 0 Å². The van der Waals surface area contributed by atoms with Gasteiger partial charge >= 0.3 is 0 Å². The van der Waals surface area contributed by atoms with Crippen LogP contribution in [0.15, 0.2) is 188 Å². The molecule has 53 heavy (non-hydrogen) atoms. The van der Waals surface area contributed by atoms with Crippen LogP contribution in [0, 0.1) is 0 Å². The fourth-order valence-electron chi connectivity index (χ4n) is 7.12. The monoisotopic (exact) mass is 677 g/mol. The highest BCUT2D eigenvalue weighted by atomic mass is 15.0. The van der Waals surface area contributed by atoms with E-state index in [2.05, 4.69) is 168 Å². The third kappa shape index (κ3) is 5.71. The molecule has 0 atom stereocenters. The van der Waals surface area contributed by atoms with E-state index >= 15 is 0 Å². The van der Waals surface area contributed by atoms with Gasteiger partial charge in [-0.25, -0.2) is 19.9 Å². The molecule has 248 valence electrons. The molecular formula is C48H31N5. The lowest BCUT2D eigenvalue weighted by atomic mass is 10.00. The number of aromatic nitrogens is 5. The van der Waals surface area contributed by atoms with Gasteiger partial charge in [0.2, 0.25) is 0 Å². The molecule has 10 aromatic rings. The summed E-state index contributed by atoms with van der Waals surface area (Å²) in [6, 6.07) is 63.2. The van der Waals surface area contributed by atoms with Gasteiger partial charge in [0.25, 0.3) is 0 Å². The van der Waals surface area contributed by atoms with E-state index < -0.39 is 0 Å². The van der Waals surface area contributed by atoms with Crippen LogP contribution in [0.2, 0.25) is 0 Å². The number of benzene rings is 7. The Labute approximate surface area is 306 Å². The second-order valence-electron chi connectivity index (χ2n) is 13.2. The maximum absolute atomic E-state index is 5.11. The van der Waals surface area contributed by atoms with Crippen molar-refractivity contribution in [1.29, 1.82) is 0 Å². The van der Waals surface area contributed by atoms with Gasteiger partial charge in [0.05, 0.1) is 11.4 Å². The minimum atomic E-state index is 0.618. The molecule has 5 heteroatoms. The summed E-state index contributed by atoms with van der Waals surface area (Å²) in [5, 5.41) is 4.63. The number of fused-ring (bicyclic) bond motifs is 3. The van der Waals surface area contributed by atoms with Crippen LogP contribution in [0.1, 0.15) is 0 Å². The Kier molecular flexibility index (Phi) is 7.40. The van der Waals surface area contributed by atoms with Crippen LogP contribution >= 0.6 is 0 Å². The molecule has 0 spiro atoms. The fraction of sp³-hybridized carbons (Fsp3) is 0. The predicted octanol–water partition coefficient (Wildman–Crippen LogP) is 11.8. The number of imidazole rings is 1. The predicted molar refractivity (Wildman–Crippen MR) is 216 cm³/mol. The van der Waals surface area contributed by atoms with Crippen molar-refractivity contribution in [2.24, 2.45) is 0 Å². The van der Waals surface area contributed by atoms with E-state index in [9.17, 15) is 0 Å². The first-order chi connectivity index (χ1) is 26.2. The van der Waals surface area contributed by atoms with Gasteiger partial charge in [-0.2, -0.15) is 0 Å². The lowest BCUT2D eigenvalue weighted by molar-refractivity contribution is 1.07. The zero-order valence-electron chi connectivity index (χ0n) is 28.6. The van der Waals surface area contributed by atoms with Gasteiger partial charge in [0.15, 0.2) is 17.5 Å². The highest BCUT2D eigenvalue weighted by Gasteiger charge is 2.18. The van der Waals surface area contributed by atoms with Crippen molar-refractivity contribution in [2.45, 2.75) is 0 Å². The summed E-state index contributed by atoms with van der Waals surface area (Å²) in [6.45, 7) is 0. The first-order valence-corrected chi connectivity index (χ1v) is 17.7. The standard InChI is InChI=1S/C48H31N5/c1-2-10-32(11-3-1)35-17-21-36(22-18-35)44-45(53-29-9-8-16-43(53)49-44)37-23-25-38(26-24-37)46-50-47(41-27-19-33-12-4-6-14-39(33)30-41)52-48(51-46)42-28-20-34-13-5-7-15-40(34)31-42/h1-31H. The Hall–Kier alpha value is -7.24. The lowest BCUT2D eigenvalue weighted by Gasteiger charge is -2.11. The molecule has 0 N–H and O–H groups in total. The molecule has 3 heterocycles. The van der Waals surface area contributed by atoms with E-state index in [1.165, 1.54) is 21.9 Å². The van der Waals surface area contributed by atoms with Gasteiger partial charge in [0.1, 0.15) is 5.65 Å². The molecule has 3 aromatic heterocycles. The SMILES string of the molecule is c1ccc(-c2ccc(-c3nc4ccccn4c3-c3ccc(-c4nc(-c5ccc6ccccc6c5)nc(-c5ccc6ccccc6c5)n4)cc3)cc2)cc1. The quantitative estimate of drug-likeness (QED) is 0.176. The Bertz CT molecular complexity index is 2830. The summed E-state index contributed by atoms with van der Waals surface area (Å²) in [6.07, 6.45) is 2.07. The van der Waals surface area contributed by atoms with E-state index in [4.69, 9.17) is 19.9 Å². The second-order valence-corrected chi connectivity index (χ2v) is 13.2. The Morgan fingerprint density at radius 1 is 0.302 bits per heavy atom. The maximum Gasteiger partial charge on any atom is 0.164 e. The van der Waals surface area contributed by atoms with Crippen LogP contribution in [0.3, 0.4) is 0 Å². The molecular weight excluding hydrogens is 647 g/mol. The molecule has 0 aliphatic rings. The molecule has 0 fully saturated rings. The second kappa shape index (κ2) is 12.8. The number of hydrogen-bond donors (Lipinski definition) is 0. The van der Waals surface area contributed by atoms with E-state index in [1.807, 2.05) is 24.3 Å². The van der Waals surface area contributed by atoms with E-state index in [0.29, 0.717) is 17.5 Å². The molecule has 0 amide bonds. The minimum Gasteiger partial charge on any atom is -0.299 e.